The molecule has 2 N–H and O–H groups in total. The minimum absolute atomic E-state index is 0. The van der Waals surface area contributed by atoms with Crippen molar-refractivity contribution in [1.29, 1.82) is 0 Å². The summed E-state index contributed by atoms with van der Waals surface area (Å²) in [4.78, 5) is 0.444. The van der Waals surface area contributed by atoms with Crippen LogP contribution in [-0.4, -0.2) is 27.5 Å². The average Bonchev–Trinajstić information content (AvgIpc) is 2.36. The first-order valence-corrected chi connectivity index (χ1v) is 9.44. The van der Waals surface area contributed by atoms with Gasteiger partial charge in [0.25, 0.3) is 0 Å². The summed E-state index contributed by atoms with van der Waals surface area (Å²) in [6.07, 6.45) is 1.69. The van der Waals surface area contributed by atoms with Gasteiger partial charge in [0, 0.05) is 6.04 Å². The van der Waals surface area contributed by atoms with Crippen LogP contribution >= 0.6 is 12.4 Å². The number of nitrogens with one attached hydrogen (secondary N) is 2. The first-order chi connectivity index (χ1) is 10.1. The van der Waals surface area contributed by atoms with Crippen LogP contribution in [-0.2, 0) is 15.4 Å². The van der Waals surface area contributed by atoms with E-state index in [0.29, 0.717) is 4.90 Å². The zero-order valence-electron chi connectivity index (χ0n) is 14.7. The molecule has 0 unspecified atom stereocenters. The summed E-state index contributed by atoms with van der Waals surface area (Å²) in [6, 6.07) is 4.04. The Morgan fingerprint density at radius 1 is 1.09 bits per heavy atom. The fraction of sp³-hybridized carbons (Fsp3) is 0.647. The van der Waals surface area contributed by atoms with Gasteiger partial charge in [0.2, 0.25) is 10.0 Å². The Labute approximate surface area is 146 Å². The van der Waals surface area contributed by atoms with Crippen molar-refractivity contribution in [3.63, 3.8) is 0 Å². The average molecular weight is 361 g/mol. The van der Waals surface area contributed by atoms with Gasteiger partial charge in [-0.15, -0.1) is 12.4 Å². The van der Waals surface area contributed by atoms with E-state index in [-0.39, 0.29) is 23.9 Å². The lowest BCUT2D eigenvalue weighted by atomic mass is 9.85. The summed E-state index contributed by atoms with van der Waals surface area (Å²) in [5.74, 6) is 0. The van der Waals surface area contributed by atoms with E-state index in [2.05, 4.69) is 30.8 Å². The quantitative estimate of drug-likeness (QED) is 0.870. The molecule has 0 aromatic heterocycles. The molecule has 1 aromatic rings. The third-order valence-corrected chi connectivity index (χ3v) is 6.08. The van der Waals surface area contributed by atoms with Gasteiger partial charge in [0.05, 0.1) is 4.90 Å². The predicted octanol–water partition coefficient (Wildman–Crippen LogP) is 3.05. The zero-order valence-corrected chi connectivity index (χ0v) is 16.3. The molecule has 0 radical (unpaired) electrons. The summed E-state index contributed by atoms with van der Waals surface area (Å²) in [6.45, 7) is 11.9. The molecule has 1 aromatic carbocycles. The molecule has 1 aliphatic heterocycles. The Kier molecular flexibility index (Phi) is 6.67. The lowest BCUT2D eigenvalue weighted by molar-refractivity contribution is 0.427. The maximum absolute atomic E-state index is 12.8. The van der Waals surface area contributed by atoms with Gasteiger partial charge < -0.3 is 5.32 Å². The molecule has 6 heteroatoms. The van der Waals surface area contributed by atoms with Gasteiger partial charge in [-0.05, 0) is 61.9 Å². The van der Waals surface area contributed by atoms with Gasteiger partial charge in [-0.1, -0.05) is 32.9 Å². The first-order valence-electron chi connectivity index (χ1n) is 7.96. The van der Waals surface area contributed by atoms with Crippen LogP contribution in [0.15, 0.2) is 17.0 Å². The fourth-order valence-electron chi connectivity index (χ4n) is 3.03. The van der Waals surface area contributed by atoms with Crippen LogP contribution in [0.25, 0.3) is 0 Å². The number of aryl methyl sites for hydroxylation is 2. The van der Waals surface area contributed by atoms with Gasteiger partial charge in [-0.2, -0.15) is 0 Å². The Bertz CT molecular complexity index is 622. The molecule has 0 spiro atoms. The molecule has 132 valence electrons. The lowest BCUT2D eigenvalue weighted by Gasteiger charge is -2.26. The molecule has 2 rings (SSSR count). The number of hydrogen-bond donors (Lipinski definition) is 2. The van der Waals surface area contributed by atoms with E-state index >= 15 is 0 Å². The molecule has 1 saturated heterocycles. The van der Waals surface area contributed by atoms with Crippen molar-refractivity contribution in [1.82, 2.24) is 10.0 Å². The summed E-state index contributed by atoms with van der Waals surface area (Å²) in [7, 11) is -3.46. The van der Waals surface area contributed by atoms with Crippen LogP contribution in [0.1, 0.15) is 50.3 Å². The maximum Gasteiger partial charge on any atom is 0.241 e. The van der Waals surface area contributed by atoms with Crippen LogP contribution in [0.2, 0.25) is 0 Å². The maximum atomic E-state index is 12.8. The van der Waals surface area contributed by atoms with Crippen molar-refractivity contribution in [2.45, 2.75) is 63.8 Å². The Morgan fingerprint density at radius 3 is 2.00 bits per heavy atom. The van der Waals surface area contributed by atoms with Gasteiger partial charge >= 0.3 is 0 Å². The lowest BCUT2D eigenvalue weighted by Crippen LogP contribution is -2.43. The number of rotatable bonds is 3. The smallest absolute Gasteiger partial charge is 0.241 e. The highest BCUT2D eigenvalue weighted by Crippen LogP contribution is 2.29. The fourth-order valence-corrected chi connectivity index (χ4v) is 4.78. The van der Waals surface area contributed by atoms with E-state index in [1.165, 1.54) is 5.56 Å². The van der Waals surface area contributed by atoms with Crippen molar-refractivity contribution >= 4 is 22.4 Å². The van der Waals surface area contributed by atoms with Gasteiger partial charge in [0.15, 0.2) is 0 Å². The third-order valence-electron chi connectivity index (χ3n) is 4.26. The van der Waals surface area contributed by atoms with Gasteiger partial charge in [-0.3, -0.25) is 0 Å². The SMILES string of the molecule is Cc1cc(C(C)(C)C)cc(C)c1S(=O)(=O)NC1CCNCC1.Cl. The van der Waals surface area contributed by atoms with E-state index in [1.807, 2.05) is 26.0 Å². The largest absolute Gasteiger partial charge is 0.317 e. The molecule has 0 saturated carbocycles. The van der Waals surface area contributed by atoms with E-state index in [4.69, 9.17) is 0 Å². The molecule has 0 atom stereocenters. The Balaban J connectivity index is 0.00000264. The molecular weight excluding hydrogens is 332 g/mol. The van der Waals surface area contributed by atoms with Crippen molar-refractivity contribution in [2.75, 3.05) is 13.1 Å². The third kappa shape index (κ3) is 4.92. The molecule has 1 fully saturated rings. The Hall–Kier alpha value is -0.620. The second kappa shape index (κ2) is 7.51. The van der Waals surface area contributed by atoms with Crippen LogP contribution in [0, 0.1) is 13.8 Å². The summed E-state index contributed by atoms with van der Waals surface area (Å²) in [5.41, 5.74) is 2.83. The van der Waals surface area contributed by atoms with Crippen LogP contribution in [0.4, 0.5) is 0 Å². The molecule has 0 amide bonds. The second-order valence-corrected chi connectivity index (χ2v) is 8.99. The highest BCUT2D eigenvalue weighted by atomic mass is 35.5. The van der Waals surface area contributed by atoms with Gasteiger partial charge in [-0.25, -0.2) is 13.1 Å². The molecular formula is C17H29ClN2O2S. The number of hydrogen-bond acceptors (Lipinski definition) is 3. The number of piperidine rings is 1. The van der Waals surface area contributed by atoms with Crippen LogP contribution in [0.3, 0.4) is 0 Å². The highest BCUT2D eigenvalue weighted by Gasteiger charge is 2.26. The predicted molar refractivity (Wildman–Crippen MR) is 98.1 cm³/mol. The van der Waals surface area contributed by atoms with Crippen molar-refractivity contribution in [3.05, 3.63) is 28.8 Å². The Morgan fingerprint density at radius 2 is 1.57 bits per heavy atom. The molecule has 1 aliphatic rings. The van der Waals surface area contributed by atoms with E-state index in [9.17, 15) is 8.42 Å². The molecule has 23 heavy (non-hydrogen) atoms. The van der Waals surface area contributed by atoms with E-state index in [0.717, 1.165) is 37.1 Å². The molecule has 0 bridgehead atoms. The van der Waals surface area contributed by atoms with Crippen molar-refractivity contribution in [2.24, 2.45) is 0 Å². The minimum atomic E-state index is -3.46. The number of benzene rings is 1. The standard InChI is InChI=1S/C17H28N2O2S.ClH/c1-12-10-14(17(3,4)5)11-13(2)16(12)22(20,21)19-15-6-8-18-9-7-15;/h10-11,15,18-19H,6-9H2,1-5H3;1H. The van der Waals surface area contributed by atoms with Crippen molar-refractivity contribution < 1.29 is 8.42 Å². The monoisotopic (exact) mass is 360 g/mol. The normalized spacial score (nSPS) is 16.9. The van der Waals surface area contributed by atoms with E-state index in [1.54, 1.807) is 0 Å². The summed E-state index contributed by atoms with van der Waals surface area (Å²) >= 11 is 0. The van der Waals surface area contributed by atoms with Gasteiger partial charge in [0.1, 0.15) is 0 Å². The highest BCUT2D eigenvalue weighted by molar-refractivity contribution is 7.89. The summed E-state index contributed by atoms with van der Waals surface area (Å²) in [5, 5.41) is 3.25. The second-order valence-electron chi connectivity index (χ2n) is 7.33. The molecule has 4 nitrogen and oxygen atoms in total. The summed E-state index contributed by atoms with van der Waals surface area (Å²) < 4.78 is 28.4. The first kappa shape index (κ1) is 20.4. The van der Waals surface area contributed by atoms with Crippen molar-refractivity contribution in [3.8, 4) is 0 Å². The molecule has 1 heterocycles. The van der Waals surface area contributed by atoms with Crippen LogP contribution < -0.4 is 10.0 Å². The number of halogens is 1. The van der Waals surface area contributed by atoms with E-state index < -0.39 is 10.0 Å². The topological polar surface area (TPSA) is 58.2 Å². The minimum Gasteiger partial charge on any atom is -0.317 e. The molecule has 0 aliphatic carbocycles. The zero-order chi connectivity index (χ0) is 16.5. The van der Waals surface area contributed by atoms with Crippen LogP contribution in [0.5, 0.6) is 0 Å². The number of sulfonamides is 1.